The molecular weight excluding hydrogens is 219 g/mol. The van der Waals surface area contributed by atoms with Crippen LogP contribution in [0.25, 0.3) is 0 Å². The molecule has 10 heavy (non-hydrogen) atoms. The van der Waals surface area contributed by atoms with Gasteiger partial charge in [0.05, 0.1) is 0 Å². The van der Waals surface area contributed by atoms with E-state index in [4.69, 9.17) is 0 Å². The second-order valence-electron chi connectivity index (χ2n) is 2.11. The van der Waals surface area contributed by atoms with Crippen LogP contribution in [0, 0.1) is 12.7 Å². The van der Waals surface area contributed by atoms with Crippen LogP contribution in [-0.2, 0) is 32.7 Å². The second-order valence-corrected chi connectivity index (χ2v) is 3.21. The van der Waals surface area contributed by atoms with Gasteiger partial charge >= 0.3 is 0 Å². The standard InChI is InChI=1S/C7H11NS.Y/c1-3-4-7-5-9-6(2)8-7;/h5,7H,1,3-4H2,2H3;/q-2;. The van der Waals surface area contributed by atoms with Gasteiger partial charge in [-0.1, -0.05) is 12.5 Å². The van der Waals surface area contributed by atoms with Crippen LogP contribution in [0.3, 0.4) is 0 Å². The van der Waals surface area contributed by atoms with E-state index in [1.807, 2.05) is 6.92 Å². The molecule has 0 spiro atoms. The van der Waals surface area contributed by atoms with Crippen molar-refractivity contribution in [2.45, 2.75) is 25.8 Å². The Morgan fingerprint density at radius 3 is 2.90 bits per heavy atom. The van der Waals surface area contributed by atoms with E-state index < -0.39 is 0 Å². The van der Waals surface area contributed by atoms with Crippen molar-refractivity contribution < 1.29 is 32.7 Å². The van der Waals surface area contributed by atoms with Crippen molar-refractivity contribution in [1.29, 1.82) is 0 Å². The molecule has 1 rings (SSSR count). The Morgan fingerprint density at radius 2 is 2.50 bits per heavy atom. The van der Waals surface area contributed by atoms with Gasteiger partial charge in [-0.15, -0.1) is 0 Å². The minimum absolute atomic E-state index is 0. The van der Waals surface area contributed by atoms with E-state index in [2.05, 4.69) is 17.7 Å². The first kappa shape index (κ1) is 11.1. The molecule has 0 aromatic carbocycles. The quantitative estimate of drug-likeness (QED) is 0.663. The van der Waals surface area contributed by atoms with Gasteiger partial charge in [-0.05, 0) is 6.92 Å². The van der Waals surface area contributed by atoms with Crippen molar-refractivity contribution in [3.05, 3.63) is 12.7 Å². The fourth-order valence-corrected chi connectivity index (χ4v) is 1.56. The van der Waals surface area contributed by atoms with Gasteiger partial charge in [0.2, 0.25) is 0 Å². The number of rotatable bonds is 2. The van der Waals surface area contributed by atoms with E-state index in [9.17, 15) is 0 Å². The first-order valence-corrected chi connectivity index (χ1v) is 4.04. The summed E-state index contributed by atoms with van der Waals surface area (Å²) in [5.41, 5.74) is 0. The molecule has 1 nitrogen and oxygen atoms in total. The van der Waals surface area contributed by atoms with E-state index >= 15 is 0 Å². The van der Waals surface area contributed by atoms with Crippen LogP contribution in [0.5, 0.6) is 0 Å². The summed E-state index contributed by atoms with van der Waals surface area (Å²) in [5.74, 6) is 2.18. The summed E-state index contributed by atoms with van der Waals surface area (Å²) in [6, 6.07) is 0.451. The molecule has 0 aromatic heterocycles. The van der Waals surface area contributed by atoms with Gasteiger partial charge in [0.15, 0.2) is 0 Å². The smallest absolute Gasteiger partial charge is 0.0300 e. The molecule has 0 saturated heterocycles. The zero-order chi connectivity index (χ0) is 6.69. The van der Waals surface area contributed by atoms with Crippen LogP contribution < -0.4 is 0 Å². The molecule has 0 aromatic rings. The predicted molar refractivity (Wildman–Crippen MR) is 43.4 cm³/mol. The molecule has 1 atom stereocenters. The first-order chi connectivity index (χ1) is 4.33. The number of hydrogen-bond donors (Lipinski definition) is 0. The second kappa shape index (κ2) is 5.73. The van der Waals surface area contributed by atoms with Gasteiger partial charge < -0.3 is 11.9 Å². The summed E-state index contributed by atoms with van der Waals surface area (Å²) in [4.78, 5) is 4.36. The van der Waals surface area contributed by atoms with E-state index in [1.165, 1.54) is 5.04 Å². The van der Waals surface area contributed by atoms with E-state index in [1.54, 1.807) is 11.8 Å². The topological polar surface area (TPSA) is 12.4 Å². The molecule has 1 radical (unpaired) electrons. The molecule has 0 fully saturated rings. The molecular formula is C7H11NSY-2. The third kappa shape index (κ3) is 3.50. The maximum atomic E-state index is 4.36. The van der Waals surface area contributed by atoms with Crippen LogP contribution in [-0.4, -0.2) is 11.1 Å². The third-order valence-electron chi connectivity index (χ3n) is 1.24. The van der Waals surface area contributed by atoms with Crippen LogP contribution in [0.15, 0.2) is 4.99 Å². The predicted octanol–water partition coefficient (Wildman–Crippen LogP) is 2.29. The van der Waals surface area contributed by atoms with Crippen molar-refractivity contribution in [1.82, 2.24) is 0 Å². The molecule has 1 unspecified atom stereocenters. The Hall–Kier alpha value is 1.12. The third-order valence-corrected chi connectivity index (χ3v) is 2.14. The Kier molecular flexibility index (Phi) is 6.38. The molecule has 1 aliphatic rings. The normalized spacial score (nSPS) is 23.8. The average molecular weight is 230 g/mol. The van der Waals surface area contributed by atoms with Crippen molar-refractivity contribution in [3.63, 3.8) is 0 Å². The SMILES string of the molecule is [CH2-]CCC1[CH-]SC(C)=N1.[Y]. The fourth-order valence-electron chi connectivity index (χ4n) is 0.813. The average Bonchev–Trinajstić information content (AvgIpc) is 2.17. The summed E-state index contributed by atoms with van der Waals surface area (Å²) in [6.07, 6.45) is 2.09. The van der Waals surface area contributed by atoms with Gasteiger partial charge in [-0.3, -0.25) is 11.8 Å². The zero-order valence-corrected chi connectivity index (χ0v) is 9.86. The van der Waals surface area contributed by atoms with Crippen LogP contribution in [0.1, 0.15) is 19.8 Å². The summed E-state index contributed by atoms with van der Waals surface area (Å²) < 4.78 is 0. The summed E-state index contributed by atoms with van der Waals surface area (Å²) in [7, 11) is 0. The number of aliphatic imine (C=N–C) groups is 1. The van der Waals surface area contributed by atoms with Crippen molar-refractivity contribution in [2.24, 2.45) is 4.99 Å². The van der Waals surface area contributed by atoms with Crippen LogP contribution in [0.4, 0.5) is 0 Å². The maximum Gasteiger partial charge on any atom is 0.0300 e. The number of nitrogens with zero attached hydrogens (tertiary/aromatic N) is 1. The molecule has 0 N–H and O–H groups in total. The van der Waals surface area contributed by atoms with E-state index in [0.29, 0.717) is 6.04 Å². The summed E-state index contributed by atoms with van der Waals surface area (Å²) in [5, 5.41) is 1.19. The summed E-state index contributed by atoms with van der Waals surface area (Å²) >= 11 is 1.74. The largest absolute Gasteiger partial charge is 0.343 e. The molecule has 0 aliphatic carbocycles. The Labute approximate surface area is 92.3 Å². The molecule has 1 heterocycles. The Balaban J connectivity index is 0.000000810. The minimum atomic E-state index is 0. The van der Waals surface area contributed by atoms with Crippen LogP contribution in [0.2, 0.25) is 0 Å². The van der Waals surface area contributed by atoms with Crippen molar-refractivity contribution in [3.8, 4) is 0 Å². The van der Waals surface area contributed by atoms with E-state index in [0.717, 1.165) is 12.8 Å². The maximum absolute atomic E-state index is 4.36. The first-order valence-electron chi connectivity index (χ1n) is 3.16. The van der Waals surface area contributed by atoms with Crippen molar-refractivity contribution >= 4 is 16.8 Å². The van der Waals surface area contributed by atoms with Gasteiger partial charge in [-0.2, -0.15) is 6.42 Å². The Morgan fingerprint density at radius 1 is 1.80 bits per heavy atom. The zero-order valence-electron chi connectivity index (χ0n) is 6.21. The molecule has 0 amide bonds. The molecule has 3 heteroatoms. The Bertz CT molecular complexity index is 125. The number of hydrogen-bond acceptors (Lipinski definition) is 2. The van der Waals surface area contributed by atoms with Gasteiger partial charge in [0, 0.05) is 37.8 Å². The van der Waals surface area contributed by atoms with Gasteiger partial charge in [0.25, 0.3) is 0 Å². The number of thioether (sulfide) groups is 1. The molecule has 0 saturated carbocycles. The van der Waals surface area contributed by atoms with Crippen molar-refractivity contribution in [2.75, 3.05) is 0 Å². The summed E-state index contributed by atoms with van der Waals surface area (Å²) in [6.45, 7) is 5.82. The molecule has 1 aliphatic heterocycles. The molecule has 55 valence electrons. The fraction of sp³-hybridized carbons (Fsp3) is 0.571. The monoisotopic (exact) mass is 230 g/mol. The van der Waals surface area contributed by atoms with Crippen LogP contribution >= 0.6 is 11.8 Å². The van der Waals surface area contributed by atoms with E-state index in [-0.39, 0.29) is 32.7 Å². The van der Waals surface area contributed by atoms with Gasteiger partial charge in [0.1, 0.15) is 0 Å². The molecule has 0 bridgehead atoms. The minimum Gasteiger partial charge on any atom is -0.343 e. The van der Waals surface area contributed by atoms with Gasteiger partial charge in [-0.25, -0.2) is 5.75 Å².